The number of hydrogen-bond acceptors (Lipinski definition) is 3. The summed E-state index contributed by atoms with van der Waals surface area (Å²) in [4.78, 5) is 18.4. The van der Waals surface area contributed by atoms with E-state index >= 15 is 0 Å². The third-order valence-corrected chi connectivity index (χ3v) is 4.61. The number of halogens is 3. The van der Waals surface area contributed by atoms with Gasteiger partial charge in [-0.15, -0.1) is 24.0 Å². The molecule has 6 nitrogen and oxygen atoms in total. The highest BCUT2D eigenvalue weighted by Gasteiger charge is 2.22. The molecule has 1 unspecified atom stereocenters. The number of alkyl halides is 2. The van der Waals surface area contributed by atoms with Crippen LogP contribution in [0.5, 0.6) is 5.75 Å². The Morgan fingerprint density at radius 1 is 1.32 bits per heavy atom. The molecule has 0 radical (unpaired) electrons. The predicted octanol–water partition coefficient (Wildman–Crippen LogP) is 3.36. The second-order valence-corrected chi connectivity index (χ2v) is 6.52. The van der Waals surface area contributed by atoms with E-state index in [-0.39, 0.29) is 42.2 Å². The Kier molecular flexibility index (Phi) is 11.1. The number of piperidine rings is 1. The number of rotatable bonds is 7. The van der Waals surface area contributed by atoms with E-state index in [9.17, 15) is 13.6 Å². The van der Waals surface area contributed by atoms with E-state index in [4.69, 9.17) is 0 Å². The maximum Gasteiger partial charge on any atom is 0.387 e. The summed E-state index contributed by atoms with van der Waals surface area (Å²) < 4.78 is 29.5. The Labute approximate surface area is 182 Å². The minimum absolute atomic E-state index is 0. The number of para-hydroxylation sites is 1. The van der Waals surface area contributed by atoms with Gasteiger partial charge in [-0.3, -0.25) is 9.79 Å². The van der Waals surface area contributed by atoms with E-state index in [2.05, 4.69) is 27.3 Å². The van der Waals surface area contributed by atoms with E-state index in [0.717, 1.165) is 19.4 Å². The molecule has 0 spiro atoms. The number of nitrogens with zero attached hydrogens (tertiary/aromatic N) is 2. The second kappa shape index (κ2) is 12.7. The van der Waals surface area contributed by atoms with E-state index < -0.39 is 6.61 Å². The van der Waals surface area contributed by atoms with Gasteiger partial charge in [0.1, 0.15) is 5.75 Å². The number of hydrogen-bond donors (Lipinski definition) is 2. The lowest BCUT2D eigenvalue weighted by Crippen LogP contribution is -2.44. The zero-order valence-corrected chi connectivity index (χ0v) is 18.6. The van der Waals surface area contributed by atoms with Gasteiger partial charge < -0.3 is 20.3 Å². The molecule has 1 fully saturated rings. The zero-order chi connectivity index (χ0) is 19.6. The lowest BCUT2D eigenvalue weighted by atomic mass is 10.0. The fraction of sp³-hybridized carbons (Fsp3) is 0.579. The summed E-state index contributed by atoms with van der Waals surface area (Å²) in [7, 11) is 1.62. The van der Waals surface area contributed by atoms with Gasteiger partial charge in [0.05, 0.1) is 0 Å². The van der Waals surface area contributed by atoms with Gasteiger partial charge in [0.25, 0.3) is 0 Å². The zero-order valence-electron chi connectivity index (χ0n) is 16.3. The molecule has 1 aromatic carbocycles. The lowest BCUT2D eigenvalue weighted by molar-refractivity contribution is -0.134. The standard InChI is InChI=1S/C19H28F2N4O2.HI/c1-14-7-5-6-12-25(14)17(26)10-11-23-19(22-2)24-13-15-8-3-4-9-16(15)27-18(20)21;/h3-4,8-9,14,18H,5-7,10-13H2,1-2H3,(H2,22,23,24);1H. The Morgan fingerprint density at radius 2 is 2.07 bits per heavy atom. The van der Waals surface area contributed by atoms with Crippen molar-refractivity contribution in [2.24, 2.45) is 4.99 Å². The minimum Gasteiger partial charge on any atom is -0.434 e. The van der Waals surface area contributed by atoms with E-state index in [1.165, 1.54) is 12.5 Å². The molecular formula is C19H29F2IN4O2. The van der Waals surface area contributed by atoms with Crippen LogP contribution in [0.2, 0.25) is 0 Å². The molecule has 28 heavy (non-hydrogen) atoms. The first kappa shape index (κ1) is 24.4. The van der Waals surface area contributed by atoms with Crippen LogP contribution < -0.4 is 15.4 Å². The van der Waals surface area contributed by atoms with Crippen LogP contribution in [0.4, 0.5) is 8.78 Å². The summed E-state index contributed by atoms with van der Waals surface area (Å²) in [5, 5.41) is 6.14. The van der Waals surface area contributed by atoms with Crippen molar-refractivity contribution in [3.05, 3.63) is 29.8 Å². The molecule has 158 valence electrons. The number of amides is 1. The molecule has 1 heterocycles. The fourth-order valence-corrected chi connectivity index (χ4v) is 3.16. The van der Waals surface area contributed by atoms with Crippen molar-refractivity contribution in [1.82, 2.24) is 15.5 Å². The molecule has 1 saturated heterocycles. The van der Waals surface area contributed by atoms with Crippen LogP contribution in [0.15, 0.2) is 29.3 Å². The summed E-state index contributed by atoms with van der Waals surface area (Å²) in [6, 6.07) is 6.90. The van der Waals surface area contributed by atoms with Gasteiger partial charge >= 0.3 is 6.61 Å². The van der Waals surface area contributed by atoms with Gasteiger partial charge in [0.15, 0.2) is 5.96 Å². The van der Waals surface area contributed by atoms with E-state index in [1.54, 1.807) is 25.2 Å². The maximum absolute atomic E-state index is 12.5. The summed E-state index contributed by atoms with van der Waals surface area (Å²) in [6.07, 6.45) is 3.68. The van der Waals surface area contributed by atoms with Crippen LogP contribution in [0.25, 0.3) is 0 Å². The molecule has 1 aromatic rings. The normalized spacial score (nSPS) is 17.1. The molecule has 1 aliphatic heterocycles. The van der Waals surface area contributed by atoms with Crippen molar-refractivity contribution >= 4 is 35.8 Å². The van der Waals surface area contributed by atoms with Crippen LogP contribution in [-0.2, 0) is 11.3 Å². The Bertz CT molecular complexity index is 646. The highest BCUT2D eigenvalue weighted by molar-refractivity contribution is 14.0. The molecule has 0 saturated carbocycles. The van der Waals surface area contributed by atoms with Gasteiger partial charge in [-0.25, -0.2) is 0 Å². The highest BCUT2D eigenvalue weighted by Crippen LogP contribution is 2.20. The summed E-state index contributed by atoms with van der Waals surface area (Å²) in [6.45, 7) is 0.778. The molecule has 1 atom stereocenters. The van der Waals surface area contributed by atoms with Crippen molar-refractivity contribution in [2.45, 2.75) is 51.8 Å². The number of aliphatic imine (C=N–C) groups is 1. The quantitative estimate of drug-likeness (QED) is 0.336. The van der Waals surface area contributed by atoms with Crippen molar-refractivity contribution in [3.8, 4) is 5.75 Å². The molecule has 0 bridgehead atoms. The van der Waals surface area contributed by atoms with Crippen molar-refractivity contribution in [3.63, 3.8) is 0 Å². The SMILES string of the molecule is CN=C(NCCC(=O)N1CCCCC1C)NCc1ccccc1OC(F)F.I. The minimum atomic E-state index is -2.87. The largest absolute Gasteiger partial charge is 0.434 e. The first-order chi connectivity index (χ1) is 13.0. The van der Waals surface area contributed by atoms with E-state index in [1.807, 2.05) is 4.90 Å². The number of likely N-dealkylation sites (tertiary alicyclic amines) is 1. The topological polar surface area (TPSA) is 66.0 Å². The molecule has 1 aliphatic rings. The van der Waals surface area contributed by atoms with Gasteiger partial charge in [0.2, 0.25) is 5.91 Å². The van der Waals surface area contributed by atoms with Crippen molar-refractivity contribution < 1.29 is 18.3 Å². The summed E-state index contributed by atoms with van der Waals surface area (Å²) in [5.74, 6) is 0.770. The number of benzene rings is 1. The van der Waals surface area contributed by atoms with Crippen LogP contribution in [0.3, 0.4) is 0 Å². The maximum atomic E-state index is 12.5. The van der Waals surface area contributed by atoms with Gasteiger partial charge in [-0.2, -0.15) is 8.78 Å². The average molecular weight is 510 g/mol. The molecular weight excluding hydrogens is 481 g/mol. The number of ether oxygens (including phenoxy) is 1. The molecule has 2 N–H and O–H groups in total. The Balaban J connectivity index is 0.00000392. The molecule has 2 rings (SSSR count). The van der Waals surface area contributed by atoms with Gasteiger partial charge in [0, 0.05) is 44.7 Å². The smallest absolute Gasteiger partial charge is 0.387 e. The Morgan fingerprint density at radius 3 is 2.75 bits per heavy atom. The second-order valence-electron chi connectivity index (χ2n) is 6.52. The number of guanidine groups is 1. The molecule has 0 aromatic heterocycles. The van der Waals surface area contributed by atoms with Crippen LogP contribution in [0.1, 0.15) is 38.2 Å². The van der Waals surface area contributed by atoms with Crippen LogP contribution >= 0.6 is 24.0 Å². The summed E-state index contributed by atoms with van der Waals surface area (Å²) in [5.41, 5.74) is 0.596. The average Bonchev–Trinajstić information content (AvgIpc) is 2.65. The van der Waals surface area contributed by atoms with Crippen LogP contribution in [0, 0.1) is 0 Å². The van der Waals surface area contributed by atoms with Gasteiger partial charge in [-0.1, -0.05) is 18.2 Å². The molecule has 0 aliphatic carbocycles. The van der Waals surface area contributed by atoms with Crippen molar-refractivity contribution in [2.75, 3.05) is 20.1 Å². The Hall–Kier alpha value is -1.65. The predicted molar refractivity (Wildman–Crippen MR) is 116 cm³/mol. The highest BCUT2D eigenvalue weighted by atomic mass is 127. The van der Waals surface area contributed by atoms with E-state index in [0.29, 0.717) is 30.5 Å². The van der Waals surface area contributed by atoms with Crippen molar-refractivity contribution in [1.29, 1.82) is 0 Å². The first-order valence-electron chi connectivity index (χ1n) is 9.28. The van der Waals surface area contributed by atoms with Crippen LogP contribution in [-0.4, -0.2) is 49.6 Å². The summed E-state index contributed by atoms with van der Waals surface area (Å²) >= 11 is 0. The van der Waals surface area contributed by atoms with Gasteiger partial charge in [-0.05, 0) is 32.3 Å². The number of nitrogens with one attached hydrogen (secondary N) is 2. The third kappa shape index (κ3) is 7.76. The third-order valence-electron chi connectivity index (χ3n) is 4.61. The number of carbonyl (C=O) groups excluding carboxylic acids is 1. The number of carbonyl (C=O) groups is 1. The first-order valence-corrected chi connectivity index (χ1v) is 9.28. The molecule has 1 amide bonds. The fourth-order valence-electron chi connectivity index (χ4n) is 3.16. The lowest BCUT2D eigenvalue weighted by Gasteiger charge is -2.33. The molecule has 9 heteroatoms. The monoisotopic (exact) mass is 510 g/mol.